The van der Waals surface area contributed by atoms with Gasteiger partial charge in [0.15, 0.2) is 0 Å². The van der Waals surface area contributed by atoms with Crippen LogP contribution in [0.3, 0.4) is 0 Å². The molecule has 0 heterocycles. The van der Waals surface area contributed by atoms with Gasteiger partial charge in [-0.15, -0.1) is 0 Å². The average molecular weight is 396 g/mol. The van der Waals surface area contributed by atoms with Crippen molar-refractivity contribution in [3.05, 3.63) is 120 Å². The van der Waals surface area contributed by atoms with Gasteiger partial charge in [0.25, 0.3) is 0 Å². The maximum absolute atomic E-state index is 3.76. The van der Waals surface area contributed by atoms with E-state index in [2.05, 4.69) is 133 Å². The minimum Gasteiger partial charge on any atom is -0.294 e. The first-order valence-corrected chi connectivity index (χ1v) is 11.1. The molecule has 1 N–H and O–H groups in total. The van der Waals surface area contributed by atoms with E-state index in [1.54, 1.807) is 0 Å². The van der Waals surface area contributed by atoms with Crippen LogP contribution in [0.4, 0.5) is 11.4 Å². The smallest absolute Gasteiger partial charge is 0.0782 e. The maximum Gasteiger partial charge on any atom is 0.0782 e. The Hall–Kier alpha value is -3.09. The Morgan fingerprint density at radius 1 is 0.552 bits per heavy atom. The number of hydrogen-bond acceptors (Lipinski definition) is 2. The highest BCUT2D eigenvalue weighted by atomic mass is 31.1. The molecule has 0 aromatic heterocycles. The number of aryl methyl sites for hydroxylation is 2. The third-order valence-electron chi connectivity index (χ3n) is 4.92. The van der Waals surface area contributed by atoms with Gasteiger partial charge in [0.05, 0.1) is 19.4 Å². The summed E-state index contributed by atoms with van der Waals surface area (Å²) in [7, 11) is -0.821. The molecule has 29 heavy (non-hydrogen) atoms. The maximum atomic E-state index is 3.76. The van der Waals surface area contributed by atoms with E-state index in [0.29, 0.717) is 0 Å². The number of rotatable bonds is 6. The third kappa shape index (κ3) is 4.34. The molecule has 0 atom stereocenters. The van der Waals surface area contributed by atoms with Crippen molar-refractivity contribution < 1.29 is 0 Å². The first-order chi connectivity index (χ1) is 14.2. The first-order valence-electron chi connectivity index (χ1n) is 9.82. The summed E-state index contributed by atoms with van der Waals surface area (Å²) in [5.41, 5.74) is 8.54. The van der Waals surface area contributed by atoms with E-state index in [4.69, 9.17) is 0 Å². The molecule has 144 valence electrons. The lowest BCUT2D eigenvalue weighted by atomic mass is 10.2. The minimum absolute atomic E-state index is 0.821. The quantitative estimate of drug-likeness (QED) is 0.309. The molecule has 0 fully saturated rings. The molecule has 0 unspecified atom stereocenters. The molecule has 0 saturated carbocycles. The van der Waals surface area contributed by atoms with Crippen molar-refractivity contribution in [2.45, 2.75) is 13.8 Å². The molecule has 4 rings (SSSR count). The molecule has 0 spiro atoms. The Bertz CT molecular complexity index is 1020. The van der Waals surface area contributed by atoms with Crippen molar-refractivity contribution in [1.82, 2.24) is 0 Å². The van der Waals surface area contributed by atoms with Gasteiger partial charge < -0.3 is 0 Å². The van der Waals surface area contributed by atoms with E-state index in [1.807, 2.05) is 0 Å². The fraction of sp³-hybridized carbons (Fsp3) is 0.0769. The van der Waals surface area contributed by atoms with Gasteiger partial charge in [-0.1, -0.05) is 97.1 Å². The van der Waals surface area contributed by atoms with Crippen LogP contribution in [0.25, 0.3) is 0 Å². The number of para-hydroxylation sites is 2. The molecule has 0 aliphatic heterocycles. The van der Waals surface area contributed by atoms with Crippen molar-refractivity contribution in [3.63, 3.8) is 0 Å². The van der Waals surface area contributed by atoms with Gasteiger partial charge in [-0.3, -0.25) is 10.2 Å². The summed E-state index contributed by atoms with van der Waals surface area (Å²) >= 11 is 0. The van der Waals surface area contributed by atoms with E-state index in [1.165, 1.54) is 27.4 Å². The second-order valence-electron chi connectivity index (χ2n) is 7.01. The molecule has 2 nitrogen and oxygen atoms in total. The predicted octanol–water partition coefficient (Wildman–Crippen LogP) is 6.18. The SMILES string of the molecule is Cc1ccccc1NN(c1ccccc1C)P(c1ccccc1)c1ccccc1. The van der Waals surface area contributed by atoms with E-state index in [-0.39, 0.29) is 0 Å². The molecule has 0 aliphatic carbocycles. The molecule has 0 aliphatic rings. The highest BCUT2D eigenvalue weighted by molar-refractivity contribution is 7.74. The van der Waals surface area contributed by atoms with Gasteiger partial charge in [0.1, 0.15) is 0 Å². The van der Waals surface area contributed by atoms with E-state index in [9.17, 15) is 0 Å². The van der Waals surface area contributed by atoms with Crippen LogP contribution in [0.5, 0.6) is 0 Å². The van der Waals surface area contributed by atoms with Crippen LogP contribution in [0, 0.1) is 13.8 Å². The fourth-order valence-electron chi connectivity index (χ4n) is 3.35. The Balaban J connectivity index is 1.89. The van der Waals surface area contributed by atoms with Crippen molar-refractivity contribution in [3.8, 4) is 0 Å². The van der Waals surface area contributed by atoms with Gasteiger partial charge in [-0.25, -0.2) is 0 Å². The molecule has 0 saturated heterocycles. The zero-order valence-electron chi connectivity index (χ0n) is 16.8. The molecule has 0 amide bonds. The van der Waals surface area contributed by atoms with Gasteiger partial charge in [0, 0.05) is 10.6 Å². The van der Waals surface area contributed by atoms with Crippen LogP contribution >= 0.6 is 8.07 Å². The molecule has 0 radical (unpaired) electrons. The Kier molecular flexibility index (Phi) is 5.93. The zero-order valence-corrected chi connectivity index (χ0v) is 17.7. The lowest BCUT2D eigenvalue weighted by Gasteiger charge is -2.36. The number of hydrazine groups is 1. The number of hydrogen-bond donors (Lipinski definition) is 1. The number of nitrogens with one attached hydrogen (secondary N) is 1. The van der Waals surface area contributed by atoms with Crippen LogP contribution in [0.1, 0.15) is 11.1 Å². The van der Waals surface area contributed by atoms with Crippen molar-refractivity contribution in [2.24, 2.45) is 0 Å². The lowest BCUT2D eigenvalue weighted by Crippen LogP contribution is -2.34. The zero-order chi connectivity index (χ0) is 20.1. The third-order valence-corrected chi connectivity index (χ3v) is 7.21. The fourth-order valence-corrected chi connectivity index (χ4v) is 5.67. The van der Waals surface area contributed by atoms with E-state index < -0.39 is 8.07 Å². The molecule has 4 aromatic carbocycles. The lowest BCUT2D eigenvalue weighted by molar-refractivity contribution is 1.23. The molecular formula is C26H25N2P. The normalized spacial score (nSPS) is 10.7. The van der Waals surface area contributed by atoms with Crippen LogP contribution < -0.4 is 20.8 Å². The second kappa shape index (κ2) is 8.94. The number of benzene rings is 4. The molecular weight excluding hydrogens is 371 g/mol. The molecule has 4 aromatic rings. The summed E-state index contributed by atoms with van der Waals surface area (Å²) in [6, 6.07) is 38.6. The number of anilines is 2. The average Bonchev–Trinajstić information content (AvgIpc) is 2.77. The predicted molar refractivity (Wildman–Crippen MR) is 128 cm³/mol. The molecule has 0 bridgehead atoms. The summed E-state index contributed by atoms with van der Waals surface area (Å²) in [5.74, 6) is 0. The van der Waals surface area contributed by atoms with Crippen molar-refractivity contribution in [2.75, 3.05) is 10.2 Å². The minimum atomic E-state index is -0.821. The summed E-state index contributed by atoms with van der Waals surface area (Å²) in [6.45, 7) is 4.32. The van der Waals surface area contributed by atoms with Gasteiger partial charge in [-0.2, -0.15) is 0 Å². The highest BCUT2D eigenvalue weighted by Crippen LogP contribution is 2.43. The summed E-state index contributed by atoms with van der Waals surface area (Å²) in [6.07, 6.45) is 0. The Labute approximate surface area is 174 Å². The Morgan fingerprint density at radius 3 is 1.59 bits per heavy atom. The molecule has 3 heteroatoms. The largest absolute Gasteiger partial charge is 0.294 e. The van der Waals surface area contributed by atoms with E-state index >= 15 is 0 Å². The topological polar surface area (TPSA) is 15.3 Å². The van der Waals surface area contributed by atoms with Crippen molar-refractivity contribution in [1.29, 1.82) is 0 Å². The van der Waals surface area contributed by atoms with Crippen LogP contribution in [-0.4, -0.2) is 0 Å². The highest BCUT2D eigenvalue weighted by Gasteiger charge is 2.25. The van der Waals surface area contributed by atoms with Crippen molar-refractivity contribution >= 4 is 30.1 Å². The monoisotopic (exact) mass is 396 g/mol. The summed E-state index contributed by atoms with van der Waals surface area (Å²) < 4.78 is 2.36. The Morgan fingerprint density at radius 2 is 1.03 bits per heavy atom. The summed E-state index contributed by atoms with van der Waals surface area (Å²) in [5, 5.41) is 2.61. The first kappa shape index (κ1) is 19.2. The second-order valence-corrected chi connectivity index (χ2v) is 9.06. The van der Waals surface area contributed by atoms with Crippen LogP contribution in [0.15, 0.2) is 109 Å². The van der Waals surface area contributed by atoms with Gasteiger partial charge >= 0.3 is 0 Å². The van der Waals surface area contributed by atoms with E-state index in [0.717, 1.165) is 5.69 Å². The summed E-state index contributed by atoms with van der Waals surface area (Å²) in [4.78, 5) is 0. The van der Waals surface area contributed by atoms with Gasteiger partial charge in [-0.05, 0) is 37.1 Å². The standard InChI is InChI=1S/C26H25N2P/c1-21-13-9-11-19-25(21)27-28(26-20-12-10-14-22(26)2)29(23-15-5-3-6-16-23)24-17-7-4-8-18-24/h3-20,27H,1-2H3. The number of nitrogens with zero attached hydrogens (tertiary/aromatic N) is 1. The van der Waals surface area contributed by atoms with Crippen LogP contribution in [-0.2, 0) is 0 Å². The van der Waals surface area contributed by atoms with Gasteiger partial charge in [0.2, 0.25) is 0 Å². The van der Waals surface area contributed by atoms with Crippen LogP contribution in [0.2, 0.25) is 0 Å².